The largest absolute Gasteiger partial charge is 0.381 e. The van der Waals surface area contributed by atoms with Crippen LogP contribution in [0.5, 0.6) is 0 Å². The number of nitrogens with one attached hydrogen (secondary N) is 4. The number of rotatable bonds is 4. The number of fused-ring (bicyclic) bond motifs is 1. The Kier molecular flexibility index (Phi) is 4.75. The van der Waals surface area contributed by atoms with Gasteiger partial charge in [-0.1, -0.05) is 0 Å². The van der Waals surface area contributed by atoms with Gasteiger partial charge in [-0.3, -0.25) is 10.8 Å². The van der Waals surface area contributed by atoms with Crippen LogP contribution < -0.4 is 10.6 Å². The molecule has 128 valence electrons. The number of hydrogen-bond acceptors (Lipinski definition) is 6. The van der Waals surface area contributed by atoms with Gasteiger partial charge >= 0.3 is 0 Å². The fourth-order valence-electron chi connectivity index (χ4n) is 2.90. The van der Waals surface area contributed by atoms with Crippen LogP contribution in [-0.4, -0.2) is 45.7 Å². The number of hydrogen-bond donors (Lipinski definition) is 4. The minimum Gasteiger partial charge on any atom is -0.381 e. The first-order valence-electron chi connectivity index (χ1n) is 8.20. The predicted molar refractivity (Wildman–Crippen MR) is 94.0 cm³/mol. The highest BCUT2D eigenvalue weighted by atomic mass is 16.5. The van der Waals surface area contributed by atoms with E-state index in [0.717, 1.165) is 49.3 Å². The molecule has 2 aromatic heterocycles. The Morgan fingerprint density at radius 2 is 2.08 bits per heavy atom. The van der Waals surface area contributed by atoms with Gasteiger partial charge in [0, 0.05) is 32.0 Å². The van der Waals surface area contributed by atoms with E-state index in [2.05, 4.69) is 20.7 Å². The summed E-state index contributed by atoms with van der Waals surface area (Å²) >= 11 is 0. The zero-order chi connectivity index (χ0) is 17.1. The standard InChI is InChI=1S/C16H23N7O/c1-3-23-16-13(9-20-23)14(22-11-4-6-24-7-5-11)12(8-19-16)15(18)21-10(2)17/h8-9,11H,3-7H2,1-2H3,(H,19,22)(H3,17,18,21). The lowest BCUT2D eigenvalue weighted by molar-refractivity contribution is 0.0905. The van der Waals surface area contributed by atoms with Gasteiger partial charge in [-0.05, 0) is 26.7 Å². The Balaban J connectivity index is 2.03. The van der Waals surface area contributed by atoms with Crippen LogP contribution in [0.4, 0.5) is 5.69 Å². The molecule has 24 heavy (non-hydrogen) atoms. The molecule has 0 aliphatic carbocycles. The molecule has 1 aliphatic rings. The van der Waals surface area contributed by atoms with Gasteiger partial charge < -0.3 is 15.4 Å². The molecule has 0 bridgehead atoms. The number of anilines is 1. The quantitative estimate of drug-likeness (QED) is 0.506. The lowest BCUT2D eigenvalue weighted by Gasteiger charge is -2.25. The lowest BCUT2D eigenvalue weighted by atomic mass is 10.1. The highest BCUT2D eigenvalue weighted by Gasteiger charge is 2.20. The van der Waals surface area contributed by atoms with Crippen LogP contribution in [0.2, 0.25) is 0 Å². The molecule has 4 N–H and O–H groups in total. The fraction of sp³-hybridized carbons (Fsp3) is 0.500. The van der Waals surface area contributed by atoms with Gasteiger partial charge in [0.2, 0.25) is 0 Å². The van der Waals surface area contributed by atoms with Crippen molar-refractivity contribution in [3.63, 3.8) is 0 Å². The van der Waals surface area contributed by atoms with Crippen molar-refractivity contribution in [3.05, 3.63) is 18.0 Å². The zero-order valence-electron chi connectivity index (χ0n) is 14.0. The first-order valence-corrected chi connectivity index (χ1v) is 8.20. The molecule has 2 aromatic rings. The Labute approximate surface area is 140 Å². The zero-order valence-corrected chi connectivity index (χ0v) is 14.0. The molecule has 3 heterocycles. The second kappa shape index (κ2) is 6.96. The highest BCUT2D eigenvalue weighted by Crippen LogP contribution is 2.28. The number of amidine groups is 2. The second-order valence-corrected chi connectivity index (χ2v) is 5.90. The van der Waals surface area contributed by atoms with E-state index in [1.165, 1.54) is 0 Å². The normalized spacial score (nSPS) is 15.4. The van der Waals surface area contributed by atoms with Crippen molar-refractivity contribution in [1.29, 1.82) is 10.8 Å². The van der Waals surface area contributed by atoms with Crippen LogP contribution in [0.15, 0.2) is 12.4 Å². The van der Waals surface area contributed by atoms with E-state index in [0.29, 0.717) is 11.6 Å². The molecule has 8 heteroatoms. The van der Waals surface area contributed by atoms with Crippen LogP contribution in [-0.2, 0) is 11.3 Å². The Morgan fingerprint density at radius 3 is 2.75 bits per heavy atom. The first-order chi connectivity index (χ1) is 11.6. The van der Waals surface area contributed by atoms with Crippen LogP contribution in [0.3, 0.4) is 0 Å². The maximum absolute atomic E-state index is 8.26. The average molecular weight is 329 g/mol. The molecule has 0 spiro atoms. The Morgan fingerprint density at radius 1 is 1.33 bits per heavy atom. The molecule has 0 amide bonds. The smallest absolute Gasteiger partial charge is 0.159 e. The van der Waals surface area contributed by atoms with Gasteiger partial charge in [0.1, 0.15) is 5.84 Å². The van der Waals surface area contributed by atoms with Crippen LogP contribution in [0.25, 0.3) is 11.0 Å². The topological polar surface area (TPSA) is 112 Å². The lowest BCUT2D eigenvalue weighted by Crippen LogP contribution is -2.31. The van der Waals surface area contributed by atoms with E-state index in [1.54, 1.807) is 19.3 Å². The third kappa shape index (κ3) is 3.23. The van der Waals surface area contributed by atoms with E-state index >= 15 is 0 Å². The van der Waals surface area contributed by atoms with Gasteiger partial charge in [-0.15, -0.1) is 0 Å². The van der Waals surface area contributed by atoms with Crippen molar-refractivity contribution >= 4 is 28.4 Å². The molecule has 0 atom stereocenters. The molecular formula is C16H23N7O. The van der Waals surface area contributed by atoms with E-state index in [9.17, 15) is 0 Å². The van der Waals surface area contributed by atoms with Crippen molar-refractivity contribution in [2.45, 2.75) is 39.3 Å². The van der Waals surface area contributed by atoms with Crippen molar-refractivity contribution in [2.75, 3.05) is 18.5 Å². The van der Waals surface area contributed by atoms with Crippen molar-refractivity contribution in [1.82, 2.24) is 20.1 Å². The fourth-order valence-corrected chi connectivity index (χ4v) is 2.90. The van der Waals surface area contributed by atoms with E-state index in [1.807, 2.05) is 11.6 Å². The summed E-state index contributed by atoms with van der Waals surface area (Å²) in [6.45, 7) is 5.86. The maximum atomic E-state index is 8.26. The summed E-state index contributed by atoms with van der Waals surface area (Å²) in [6, 6.07) is 0.293. The molecule has 0 aromatic carbocycles. The summed E-state index contributed by atoms with van der Waals surface area (Å²) in [5.74, 6) is 0.386. The molecule has 1 aliphatic heterocycles. The molecule has 1 fully saturated rings. The molecule has 8 nitrogen and oxygen atoms in total. The summed E-state index contributed by atoms with van der Waals surface area (Å²) in [5, 5.41) is 27.4. The Hall–Kier alpha value is -2.48. The van der Waals surface area contributed by atoms with Gasteiger partial charge in [0.05, 0.1) is 28.7 Å². The van der Waals surface area contributed by atoms with E-state index in [-0.39, 0.29) is 11.7 Å². The second-order valence-electron chi connectivity index (χ2n) is 5.90. The van der Waals surface area contributed by atoms with E-state index < -0.39 is 0 Å². The SMILES string of the molecule is CCn1ncc2c(NC3CCOCC3)c(C(=N)NC(C)=N)cnc21. The summed E-state index contributed by atoms with van der Waals surface area (Å²) in [6.07, 6.45) is 5.32. The van der Waals surface area contributed by atoms with Gasteiger partial charge in [-0.25, -0.2) is 9.67 Å². The molecule has 1 saturated heterocycles. The van der Waals surface area contributed by atoms with Crippen molar-refractivity contribution in [3.8, 4) is 0 Å². The molecule has 3 rings (SSSR count). The van der Waals surface area contributed by atoms with Crippen LogP contribution >= 0.6 is 0 Å². The number of ether oxygens (including phenoxy) is 1. The molecular weight excluding hydrogens is 306 g/mol. The number of aryl methyl sites for hydroxylation is 1. The number of aromatic nitrogens is 3. The Bertz CT molecular complexity index is 761. The highest BCUT2D eigenvalue weighted by molar-refractivity contribution is 6.12. The minimum absolute atomic E-state index is 0.163. The average Bonchev–Trinajstić information content (AvgIpc) is 2.99. The van der Waals surface area contributed by atoms with Gasteiger partial charge in [0.15, 0.2) is 5.65 Å². The third-order valence-electron chi connectivity index (χ3n) is 4.12. The minimum atomic E-state index is 0.163. The van der Waals surface area contributed by atoms with Gasteiger partial charge in [-0.2, -0.15) is 5.10 Å². The van der Waals surface area contributed by atoms with Crippen molar-refractivity contribution in [2.24, 2.45) is 0 Å². The molecule has 0 unspecified atom stereocenters. The maximum Gasteiger partial charge on any atom is 0.159 e. The third-order valence-corrected chi connectivity index (χ3v) is 4.12. The molecule has 0 radical (unpaired) electrons. The summed E-state index contributed by atoms with van der Waals surface area (Å²) in [4.78, 5) is 4.48. The van der Waals surface area contributed by atoms with Gasteiger partial charge in [0.25, 0.3) is 0 Å². The predicted octanol–water partition coefficient (Wildman–Crippen LogP) is 1.95. The van der Waals surface area contributed by atoms with Crippen molar-refractivity contribution < 1.29 is 4.74 Å². The summed E-state index contributed by atoms with van der Waals surface area (Å²) < 4.78 is 7.27. The summed E-state index contributed by atoms with van der Waals surface area (Å²) in [7, 11) is 0. The summed E-state index contributed by atoms with van der Waals surface area (Å²) in [5.41, 5.74) is 2.30. The number of nitrogens with zero attached hydrogens (tertiary/aromatic N) is 3. The molecule has 0 saturated carbocycles. The first kappa shape index (κ1) is 16.4. The van der Waals surface area contributed by atoms with Crippen LogP contribution in [0.1, 0.15) is 32.3 Å². The van der Waals surface area contributed by atoms with E-state index in [4.69, 9.17) is 15.6 Å². The monoisotopic (exact) mass is 329 g/mol. The van der Waals surface area contributed by atoms with Crippen LogP contribution in [0, 0.1) is 10.8 Å². The number of pyridine rings is 1.